The van der Waals surface area contributed by atoms with Gasteiger partial charge in [0.2, 0.25) is 5.90 Å². The van der Waals surface area contributed by atoms with Crippen LogP contribution in [-0.2, 0) is 17.5 Å². The number of aryl methyl sites for hydroxylation is 1. The molecule has 0 amide bonds. The molecule has 1 N–H and O–H groups in total. The summed E-state index contributed by atoms with van der Waals surface area (Å²) in [5.74, 6) is 0.164. The summed E-state index contributed by atoms with van der Waals surface area (Å²) < 4.78 is 47.2. The lowest BCUT2D eigenvalue weighted by atomic mass is 9.99. The molecule has 2 heterocycles. The predicted molar refractivity (Wildman–Crippen MR) is 78.8 cm³/mol. The number of halogens is 3. The van der Waals surface area contributed by atoms with Crippen LogP contribution in [0.25, 0.3) is 11.1 Å². The van der Waals surface area contributed by atoms with Crippen LogP contribution in [0.5, 0.6) is 0 Å². The lowest BCUT2D eigenvalue weighted by Crippen LogP contribution is -2.26. The maximum atomic E-state index is 13.4. The maximum absolute atomic E-state index is 13.4. The Morgan fingerprint density at radius 2 is 2.13 bits per heavy atom. The van der Waals surface area contributed by atoms with Crippen molar-refractivity contribution in [3.05, 3.63) is 41.7 Å². The number of hydrogen-bond acceptors (Lipinski definition) is 4. The number of nitrogens with zero attached hydrogens (tertiary/aromatic N) is 3. The summed E-state index contributed by atoms with van der Waals surface area (Å²) in [5, 5.41) is 7.94. The fourth-order valence-corrected chi connectivity index (χ4v) is 2.34. The van der Waals surface area contributed by atoms with E-state index in [1.165, 1.54) is 12.3 Å². The Kier molecular flexibility index (Phi) is 3.97. The number of hydrazone groups is 1. The maximum Gasteiger partial charge on any atom is 0.417 e. The smallest absolute Gasteiger partial charge is 0.417 e. The third-order valence-electron chi connectivity index (χ3n) is 3.47. The van der Waals surface area contributed by atoms with E-state index in [1.807, 2.05) is 6.92 Å². The van der Waals surface area contributed by atoms with Crippen LogP contribution in [-0.4, -0.2) is 28.8 Å². The zero-order valence-electron chi connectivity index (χ0n) is 12.4. The quantitative estimate of drug-likeness (QED) is 0.944. The molecule has 0 spiro atoms. The average Bonchev–Trinajstić information content (AvgIpc) is 3.03. The van der Waals surface area contributed by atoms with E-state index >= 15 is 0 Å². The van der Waals surface area contributed by atoms with Crippen molar-refractivity contribution in [2.75, 3.05) is 13.2 Å². The van der Waals surface area contributed by atoms with Gasteiger partial charge in [0, 0.05) is 23.9 Å². The van der Waals surface area contributed by atoms with Gasteiger partial charge in [0.15, 0.2) is 0 Å². The van der Waals surface area contributed by atoms with E-state index in [-0.39, 0.29) is 17.0 Å². The summed E-state index contributed by atoms with van der Waals surface area (Å²) in [5.41, 5.74) is 2.79. The van der Waals surface area contributed by atoms with Crippen molar-refractivity contribution in [3.8, 4) is 11.1 Å². The van der Waals surface area contributed by atoms with Gasteiger partial charge in [-0.05, 0) is 24.6 Å². The molecule has 0 fully saturated rings. The van der Waals surface area contributed by atoms with Crippen molar-refractivity contribution in [1.29, 1.82) is 0 Å². The molecule has 122 valence electrons. The predicted octanol–water partition coefficient (Wildman–Crippen LogP) is 2.87. The van der Waals surface area contributed by atoms with E-state index in [0.717, 1.165) is 6.07 Å². The summed E-state index contributed by atoms with van der Waals surface area (Å²) in [6.45, 7) is 3.36. The fourth-order valence-electron chi connectivity index (χ4n) is 2.34. The first-order chi connectivity index (χ1) is 11.0. The number of nitrogens with one attached hydrogen (secondary N) is 1. The van der Waals surface area contributed by atoms with Crippen molar-refractivity contribution in [2.24, 2.45) is 5.10 Å². The molecule has 0 saturated carbocycles. The van der Waals surface area contributed by atoms with Gasteiger partial charge in [-0.3, -0.25) is 4.68 Å². The van der Waals surface area contributed by atoms with Crippen LogP contribution in [0.3, 0.4) is 0 Å². The first-order valence-electron chi connectivity index (χ1n) is 7.17. The third-order valence-corrected chi connectivity index (χ3v) is 3.47. The number of benzene rings is 1. The van der Waals surface area contributed by atoms with E-state index in [1.54, 1.807) is 16.9 Å². The van der Waals surface area contributed by atoms with Crippen LogP contribution >= 0.6 is 0 Å². The molecular formula is C15H15F3N4O. The van der Waals surface area contributed by atoms with Gasteiger partial charge in [-0.25, -0.2) is 0 Å². The Bertz CT molecular complexity index is 737. The average molecular weight is 324 g/mol. The number of alkyl halides is 3. The van der Waals surface area contributed by atoms with Crippen LogP contribution in [0.2, 0.25) is 0 Å². The van der Waals surface area contributed by atoms with Gasteiger partial charge in [0.05, 0.1) is 18.3 Å². The minimum absolute atomic E-state index is 0.0883. The summed E-state index contributed by atoms with van der Waals surface area (Å²) in [6.07, 6.45) is -1.45. The SMILES string of the molecule is CCn1cc(-c2ccc(C3=NNCCO3)cc2C(F)(F)F)cn1. The third kappa shape index (κ3) is 3.15. The number of hydrogen-bond donors (Lipinski definition) is 1. The van der Waals surface area contributed by atoms with Crippen LogP contribution < -0.4 is 5.43 Å². The lowest BCUT2D eigenvalue weighted by molar-refractivity contribution is -0.137. The van der Waals surface area contributed by atoms with Gasteiger partial charge >= 0.3 is 6.18 Å². The van der Waals surface area contributed by atoms with Gasteiger partial charge in [0.1, 0.15) is 6.61 Å². The largest absolute Gasteiger partial charge is 0.474 e. The molecule has 1 aromatic carbocycles. The Hall–Kier alpha value is -2.51. The second kappa shape index (κ2) is 5.94. The molecule has 0 radical (unpaired) electrons. The normalized spacial score (nSPS) is 14.9. The van der Waals surface area contributed by atoms with Crippen molar-refractivity contribution >= 4 is 5.90 Å². The Morgan fingerprint density at radius 1 is 1.30 bits per heavy atom. The molecule has 1 aromatic heterocycles. The van der Waals surface area contributed by atoms with Crippen molar-refractivity contribution < 1.29 is 17.9 Å². The topological polar surface area (TPSA) is 51.4 Å². The van der Waals surface area contributed by atoms with Crippen LogP contribution in [0.4, 0.5) is 13.2 Å². The molecule has 0 bridgehead atoms. The van der Waals surface area contributed by atoms with E-state index in [2.05, 4.69) is 15.6 Å². The van der Waals surface area contributed by atoms with E-state index in [0.29, 0.717) is 25.3 Å². The molecular weight excluding hydrogens is 309 g/mol. The van der Waals surface area contributed by atoms with Crippen molar-refractivity contribution in [3.63, 3.8) is 0 Å². The second-order valence-electron chi connectivity index (χ2n) is 5.02. The Balaban J connectivity index is 2.07. The molecule has 8 heteroatoms. The zero-order chi connectivity index (χ0) is 16.4. The molecule has 0 atom stereocenters. The van der Waals surface area contributed by atoms with Gasteiger partial charge in [-0.15, -0.1) is 5.10 Å². The molecule has 0 unspecified atom stereocenters. The zero-order valence-corrected chi connectivity index (χ0v) is 12.4. The minimum Gasteiger partial charge on any atom is -0.474 e. The van der Waals surface area contributed by atoms with Crippen LogP contribution in [0.1, 0.15) is 18.1 Å². The summed E-state index contributed by atoms with van der Waals surface area (Å²) in [4.78, 5) is 0. The van der Waals surface area contributed by atoms with E-state index < -0.39 is 11.7 Å². The minimum atomic E-state index is -4.48. The fraction of sp³-hybridized carbons (Fsp3) is 0.333. The molecule has 2 aromatic rings. The molecule has 1 aliphatic heterocycles. The molecule has 0 saturated heterocycles. The number of rotatable bonds is 3. The van der Waals surface area contributed by atoms with Crippen molar-refractivity contribution in [2.45, 2.75) is 19.6 Å². The Labute approximate surface area is 130 Å². The molecule has 1 aliphatic rings. The summed E-state index contributed by atoms with van der Waals surface area (Å²) in [6, 6.07) is 4.06. The molecule has 23 heavy (non-hydrogen) atoms. The molecule has 0 aliphatic carbocycles. The monoisotopic (exact) mass is 324 g/mol. The number of ether oxygens (including phenoxy) is 1. The van der Waals surface area contributed by atoms with Crippen LogP contribution in [0.15, 0.2) is 35.7 Å². The van der Waals surface area contributed by atoms with Gasteiger partial charge in [-0.1, -0.05) is 6.07 Å². The van der Waals surface area contributed by atoms with E-state index in [9.17, 15) is 13.2 Å². The highest BCUT2D eigenvalue weighted by atomic mass is 19.4. The van der Waals surface area contributed by atoms with E-state index in [4.69, 9.17) is 4.74 Å². The van der Waals surface area contributed by atoms with Crippen LogP contribution in [0, 0.1) is 0 Å². The highest BCUT2D eigenvalue weighted by Gasteiger charge is 2.34. The van der Waals surface area contributed by atoms with Gasteiger partial charge in [0.25, 0.3) is 0 Å². The summed E-state index contributed by atoms with van der Waals surface area (Å²) in [7, 11) is 0. The first kappa shape index (κ1) is 15.4. The summed E-state index contributed by atoms with van der Waals surface area (Å²) >= 11 is 0. The lowest BCUT2D eigenvalue weighted by Gasteiger charge is -2.17. The highest BCUT2D eigenvalue weighted by Crippen LogP contribution is 2.37. The number of aromatic nitrogens is 2. The van der Waals surface area contributed by atoms with Crippen molar-refractivity contribution in [1.82, 2.24) is 15.2 Å². The standard InChI is InChI=1S/C15H15F3N4O/c1-2-22-9-11(8-20-22)12-4-3-10(7-13(12)15(16,17)18)14-21-19-5-6-23-14/h3-4,7-9,19H,2,5-6H2,1H3. The molecule has 3 rings (SSSR count). The molecule has 5 nitrogen and oxygen atoms in total. The highest BCUT2D eigenvalue weighted by molar-refractivity contribution is 5.95. The van der Waals surface area contributed by atoms with Gasteiger partial charge in [-0.2, -0.15) is 18.3 Å². The van der Waals surface area contributed by atoms with Gasteiger partial charge < -0.3 is 10.2 Å². The second-order valence-corrected chi connectivity index (χ2v) is 5.02. The Morgan fingerprint density at radius 3 is 2.74 bits per heavy atom. The first-order valence-corrected chi connectivity index (χ1v) is 7.17.